The van der Waals surface area contributed by atoms with E-state index in [-0.39, 0.29) is 18.4 Å². The Bertz CT molecular complexity index is 1000. The van der Waals surface area contributed by atoms with Crippen LogP contribution in [0.4, 0.5) is 0 Å². The molecule has 7 heteroatoms. The van der Waals surface area contributed by atoms with E-state index in [1.807, 2.05) is 31.2 Å². The van der Waals surface area contributed by atoms with Gasteiger partial charge in [0.1, 0.15) is 0 Å². The van der Waals surface area contributed by atoms with Gasteiger partial charge in [-0.25, -0.2) is 0 Å². The molecule has 4 rings (SSSR count). The van der Waals surface area contributed by atoms with Crippen molar-refractivity contribution in [3.63, 3.8) is 0 Å². The Labute approximate surface area is 168 Å². The number of hydrogen-bond donors (Lipinski definition) is 1. The maximum atomic E-state index is 12.3. The number of aromatic nitrogens is 2. The van der Waals surface area contributed by atoms with Gasteiger partial charge in [-0.2, -0.15) is 0 Å². The summed E-state index contributed by atoms with van der Waals surface area (Å²) in [7, 11) is 0. The molecule has 0 aliphatic carbocycles. The first-order valence-electron chi connectivity index (χ1n) is 9.67. The Balaban J connectivity index is 1.39. The van der Waals surface area contributed by atoms with Crippen LogP contribution in [-0.4, -0.2) is 46.5 Å². The van der Waals surface area contributed by atoms with E-state index in [1.54, 1.807) is 29.2 Å². The summed E-state index contributed by atoms with van der Waals surface area (Å²) in [6.07, 6.45) is 2.06. The molecular formula is C22H22N4O3. The number of likely N-dealkylation sites (tertiary alicyclic amines) is 1. The highest BCUT2D eigenvalue weighted by atomic mass is 16.4. The number of hydrogen-bond acceptors (Lipinski definition) is 5. The molecule has 7 nitrogen and oxygen atoms in total. The van der Waals surface area contributed by atoms with Gasteiger partial charge in [-0.3, -0.25) is 9.59 Å². The number of aryl methyl sites for hydroxylation is 1. The van der Waals surface area contributed by atoms with Crippen LogP contribution in [0, 0.1) is 6.92 Å². The first-order valence-corrected chi connectivity index (χ1v) is 9.67. The first kappa shape index (κ1) is 18.9. The molecule has 0 bridgehead atoms. The predicted octanol–water partition coefficient (Wildman–Crippen LogP) is 3.06. The van der Waals surface area contributed by atoms with Gasteiger partial charge in [0.25, 0.3) is 5.91 Å². The Kier molecular flexibility index (Phi) is 5.37. The molecule has 0 atom stereocenters. The van der Waals surface area contributed by atoms with Gasteiger partial charge in [0, 0.05) is 29.8 Å². The zero-order valence-corrected chi connectivity index (χ0v) is 16.2. The molecule has 0 unspecified atom stereocenters. The van der Waals surface area contributed by atoms with Crippen LogP contribution in [-0.2, 0) is 4.79 Å². The van der Waals surface area contributed by atoms with Gasteiger partial charge in [-0.05, 0) is 56.2 Å². The van der Waals surface area contributed by atoms with Crippen molar-refractivity contribution in [2.75, 3.05) is 19.6 Å². The highest BCUT2D eigenvalue weighted by Crippen LogP contribution is 2.24. The van der Waals surface area contributed by atoms with Crippen LogP contribution in [0.1, 0.15) is 28.8 Å². The van der Waals surface area contributed by atoms with Gasteiger partial charge in [-0.15, -0.1) is 10.2 Å². The average molecular weight is 390 g/mol. The van der Waals surface area contributed by atoms with Crippen molar-refractivity contribution in [1.82, 2.24) is 20.4 Å². The summed E-state index contributed by atoms with van der Waals surface area (Å²) in [4.78, 5) is 26.1. The Morgan fingerprint density at radius 2 is 1.48 bits per heavy atom. The van der Waals surface area contributed by atoms with Crippen LogP contribution in [0.15, 0.2) is 52.9 Å². The van der Waals surface area contributed by atoms with Crippen LogP contribution in [0.25, 0.3) is 22.9 Å². The molecular weight excluding hydrogens is 368 g/mol. The molecule has 1 fully saturated rings. The molecule has 1 N–H and O–H groups in total. The minimum Gasteiger partial charge on any atom is -0.416 e. The van der Waals surface area contributed by atoms with E-state index in [4.69, 9.17) is 4.42 Å². The number of amides is 2. The fourth-order valence-electron chi connectivity index (χ4n) is 3.25. The molecule has 0 saturated carbocycles. The predicted molar refractivity (Wildman–Crippen MR) is 108 cm³/mol. The molecule has 148 valence electrons. The second-order valence-corrected chi connectivity index (χ2v) is 7.13. The monoisotopic (exact) mass is 390 g/mol. The van der Waals surface area contributed by atoms with Gasteiger partial charge in [0.15, 0.2) is 0 Å². The van der Waals surface area contributed by atoms with Crippen molar-refractivity contribution >= 4 is 11.8 Å². The third-order valence-electron chi connectivity index (χ3n) is 4.98. The summed E-state index contributed by atoms with van der Waals surface area (Å²) in [5, 5.41) is 10.9. The molecule has 3 aromatic rings. The van der Waals surface area contributed by atoms with E-state index in [0.29, 0.717) is 17.3 Å². The van der Waals surface area contributed by atoms with Gasteiger partial charge in [0.05, 0.1) is 6.54 Å². The zero-order chi connectivity index (χ0) is 20.2. The largest absolute Gasteiger partial charge is 0.416 e. The van der Waals surface area contributed by atoms with Crippen molar-refractivity contribution in [3.05, 3.63) is 59.7 Å². The maximum absolute atomic E-state index is 12.3. The molecule has 2 amide bonds. The van der Waals surface area contributed by atoms with E-state index in [9.17, 15) is 9.59 Å². The van der Waals surface area contributed by atoms with Gasteiger partial charge < -0.3 is 14.6 Å². The highest BCUT2D eigenvalue weighted by molar-refractivity contribution is 5.96. The standard InChI is InChI=1S/C22H22N4O3/c1-15-4-6-17(7-5-15)21-24-25-22(29-21)18-10-8-16(9-11-18)20(28)23-14-19(27)26-12-2-3-13-26/h4-11H,2-3,12-14H2,1H3,(H,23,28). The SMILES string of the molecule is Cc1ccc(-c2nnc(-c3ccc(C(=O)NCC(=O)N4CCCC4)cc3)o2)cc1. The number of nitrogens with zero attached hydrogens (tertiary/aromatic N) is 3. The lowest BCUT2D eigenvalue weighted by atomic mass is 10.1. The van der Waals surface area contributed by atoms with E-state index >= 15 is 0 Å². The molecule has 0 spiro atoms. The summed E-state index contributed by atoms with van der Waals surface area (Å²) in [6.45, 7) is 3.59. The number of nitrogens with one attached hydrogen (secondary N) is 1. The number of carbonyl (C=O) groups is 2. The van der Waals surface area contributed by atoms with E-state index in [2.05, 4.69) is 15.5 Å². The van der Waals surface area contributed by atoms with Crippen molar-refractivity contribution in [2.45, 2.75) is 19.8 Å². The fraction of sp³-hybridized carbons (Fsp3) is 0.273. The Morgan fingerprint density at radius 3 is 2.07 bits per heavy atom. The van der Waals surface area contributed by atoms with Crippen LogP contribution >= 0.6 is 0 Å². The van der Waals surface area contributed by atoms with Crippen molar-refractivity contribution < 1.29 is 14.0 Å². The third kappa shape index (κ3) is 4.34. The summed E-state index contributed by atoms with van der Waals surface area (Å²) < 4.78 is 5.76. The third-order valence-corrected chi connectivity index (χ3v) is 4.98. The lowest BCUT2D eigenvalue weighted by Gasteiger charge is -2.15. The highest BCUT2D eigenvalue weighted by Gasteiger charge is 2.18. The summed E-state index contributed by atoms with van der Waals surface area (Å²) in [6, 6.07) is 14.7. The molecule has 1 aromatic heterocycles. The second kappa shape index (κ2) is 8.26. The number of benzene rings is 2. The second-order valence-electron chi connectivity index (χ2n) is 7.13. The van der Waals surface area contributed by atoms with Crippen molar-refractivity contribution in [3.8, 4) is 22.9 Å². The van der Waals surface area contributed by atoms with Gasteiger partial charge >= 0.3 is 0 Å². The quantitative estimate of drug-likeness (QED) is 0.723. The smallest absolute Gasteiger partial charge is 0.251 e. The van der Waals surface area contributed by atoms with Gasteiger partial charge in [0.2, 0.25) is 17.7 Å². The van der Waals surface area contributed by atoms with Crippen molar-refractivity contribution in [2.24, 2.45) is 0 Å². The van der Waals surface area contributed by atoms with Gasteiger partial charge in [-0.1, -0.05) is 17.7 Å². The molecule has 1 saturated heterocycles. The van der Waals surface area contributed by atoms with E-state index in [1.165, 1.54) is 0 Å². The van der Waals surface area contributed by atoms with Crippen LogP contribution in [0.3, 0.4) is 0 Å². The lowest BCUT2D eigenvalue weighted by molar-refractivity contribution is -0.129. The molecule has 1 aliphatic heterocycles. The van der Waals surface area contributed by atoms with E-state index in [0.717, 1.165) is 42.6 Å². The van der Waals surface area contributed by atoms with Crippen molar-refractivity contribution in [1.29, 1.82) is 0 Å². The first-order chi connectivity index (χ1) is 14.1. The van der Waals surface area contributed by atoms with E-state index < -0.39 is 0 Å². The molecule has 29 heavy (non-hydrogen) atoms. The normalized spacial score (nSPS) is 13.5. The lowest BCUT2D eigenvalue weighted by Crippen LogP contribution is -2.38. The summed E-state index contributed by atoms with van der Waals surface area (Å²) in [5.74, 6) is 0.510. The zero-order valence-electron chi connectivity index (χ0n) is 16.2. The van der Waals surface area contributed by atoms with Crippen LogP contribution in [0.5, 0.6) is 0 Å². The summed E-state index contributed by atoms with van der Waals surface area (Å²) in [5.41, 5.74) is 3.21. The molecule has 2 aromatic carbocycles. The number of carbonyl (C=O) groups excluding carboxylic acids is 2. The fourth-order valence-corrected chi connectivity index (χ4v) is 3.25. The minimum atomic E-state index is -0.282. The summed E-state index contributed by atoms with van der Waals surface area (Å²) >= 11 is 0. The molecule has 0 radical (unpaired) electrons. The number of rotatable bonds is 5. The Morgan fingerprint density at radius 1 is 0.931 bits per heavy atom. The molecule has 1 aliphatic rings. The van der Waals surface area contributed by atoms with Crippen LogP contribution in [0.2, 0.25) is 0 Å². The molecule has 2 heterocycles. The maximum Gasteiger partial charge on any atom is 0.251 e. The van der Waals surface area contributed by atoms with Crippen LogP contribution < -0.4 is 5.32 Å². The average Bonchev–Trinajstić information content (AvgIpc) is 3.45. The Hall–Kier alpha value is -3.48. The minimum absolute atomic E-state index is 0.0180. The topological polar surface area (TPSA) is 88.3 Å².